The van der Waals surface area contributed by atoms with E-state index in [1.165, 1.54) is 0 Å². The minimum absolute atomic E-state index is 0.156. The third kappa shape index (κ3) is 4.62. The second-order valence-electron chi connectivity index (χ2n) is 6.44. The zero-order chi connectivity index (χ0) is 16.5. The highest BCUT2D eigenvalue weighted by Crippen LogP contribution is 2.24. The normalized spacial score (nSPS) is 19.3. The van der Waals surface area contributed by atoms with E-state index in [1.54, 1.807) is 4.90 Å². The van der Waals surface area contributed by atoms with Crippen LogP contribution in [0.3, 0.4) is 0 Å². The standard InChI is InChI=1S/C15H21ClIN3O2/c1-10-9-19(14(21)22-15(2,3)4)5-6-20(10)13-8-11(17)7-12(16)18-13/h7-8,10H,5-6,9H2,1-4H3. The Morgan fingerprint density at radius 2 is 2.09 bits per heavy atom. The van der Waals surface area contributed by atoms with Gasteiger partial charge >= 0.3 is 6.09 Å². The van der Waals surface area contributed by atoms with Crippen molar-refractivity contribution in [2.24, 2.45) is 0 Å². The summed E-state index contributed by atoms with van der Waals surface area (Å²) in [7, 11) is 0. The van der Waals surface area contributed by atoms with E-state index in [9.17, 15) is 4.79 Å². The summed E-state index contributed by atoms with van der Waals surface area (Å²) in [6.45, 7) is 9.65. The molecule has 122 valence electrons. The van der Waals surface area contributed by atoms with Gasteiger partial charge in [0.15, 0.2) is 0 Å². The zero-order valence-electron chi connectivity index (χ0n) is 13.3. The fourth-order valence-electron chi connectivity index (χ4n) is 2.39. The number of ether oxygens (including phenoxy) is 1. The van der Waals surface area contributed by atoms with Crippen LogP contribution in [0.25, 0.3) is 0 Å². The van der Waals surface area contributed by atoms with Gasteiger partial charge in [-0.2, -0.15) is 0 Å². The van der Waals surface area contributed by atoms with Crippen molar-refractivity contribution in [1.82, 2.24) is 9.88 Å². The molecule has 0 N–H and O–H groups in total. The number of carbonyl (C=O) groups is 1. The van der Waals surface area contributed by atoms with Gasteiger partial charge in [0.1, 0.15) is 16.6 Å². The van der Waals surface area contributed by atoms with Crippen molar-refractivity contribution in [3.05, 3.63) is 20.9 Å². The molecule has 7 heteroatoms. The summed E-state index contributed by atoms with van der Waals surface area (Å²) in [6.07, 6.45) is -0.257. The summed E-state index contributed by atoms with van der Waals surface area (Å²) < 4.78 is 6.49. The Hall–Kier alpha value is -0.760. The van der Waals surface area contributed by atoms with Gasteiger partial charge in [-0.1, -0.05) is 11.6 Å². The third-order valence-corrected chi connectivity index (χ3v) is 4.14. The molecule has 5 nitrogen and oxygen atoms in total. The van der Waals surface area contributed by atoms with Crippen molar-refractivity contribution in [1.29, 1.82) is 0 Å². The summed E-state index contributed by atoms with van der Waals surface area (Å²) >= 11 is 8.27. The van der Waals surface area contributed by atoms with E-state index in [0.717, 1.165) is 9.39 Å². The number of halogens is 2. The van der Waals surface area contributed by atoms with Crippen LogP contribution in [-0.4, -0.2) is 47.3 Å². The lowest BCUT2D eigenvalue weighted by Crippen LogP contribution is -2.54. The Bertz CT molecular complexity index is 542. The SMILES string of the molecule is CC1CN(C(=O)OC(C)(C)C)CCN1c1cc(I)cc(Cl)n1. The first-order chi connectivity index (χ1) is 10.2. The summed E-state index contributed by atoms with van der Waals surface area (Å²) in [4.78, 5) is 20.5. The predicted molar refractivity (Wildman–Crippen MR) is 96.6 cm³/mol. The van der Waals surface area contributed by atoms with Gasteiger partial charge in [-0.25, -0.2) is 9.78 Å². The first-order valence-corrected chi connectivity index (χ1v) is 8.69. The fraction of sp³-hybridized carbons (Fsp3) is 0.600. The van der Waals surface area contributed by atoms with Crippen LogP contribution in [0.15, 0.2) is 12.1 Å². The Kier molecular flexibility index (Phi) is 5.42. The largest absolute Gasteiger partial charge is 0.444 e. The van der Waals surface area contributed by atoms with E-state index in [4.69, 9.17) is 16.3 Å². The maximum atomic E-state index is 12.2. The van der Waals surface area contributed by atoms with Crippen molar-refractivity contribution in [2.45, 2.75) is 39.3 Å². The van der Waals surface area contributed by atoms with Gasteiger partial charge in [0.05, 0.1) is 0 Å². The van der Waals surface area contributed by atoms with E-state index in [2.05, 4.69) is 39.4 Å². The first-order valence-electron chi connectivity index (χ1n) is 7.23. The van der Waals surface area contributed by atoms with Gasteiger partial charge in [0.25, 0.3) is 0 Å². The average molecular weight is 438 g/mol. The van der Waals surface area contributed by atoms with E-state index >= 15 is 0 Å². The van der Waals surface area contributed by atoms with Crippen LogP contribution in [-0.2, 0) is 4.74 Å². The molecule has 1 unspecified atom stereocenters. The van der Waals surface area contributed by atoms with Crippen LogP contribution in [0.2, 0.25) is 5.15 Å². The lowest BCUT2D eigenvalue weighted by molar-refractivity contribution is 0.0218. The number of hydrogen-bond donors (Lipinski definition) is 0. The molecule has 0 saturated carbocycles. The van der Waals surface area contributed by atoms with Crippen molar-refractivity contribution in [3.63, 3.8) is 0 Å². The number of hydrogen-bond acceptors (Lipinski definition) is 4. The Labute approximate surface area is 150 Å². The highest BCUT2D eigenvalue weighted by atomic mass is 127. The number of pyridine rings is 1. The van der Waals surface area contributed by atoms with Crippen molar-refractivity contribution >= 4 is 46.1 Å². The smallest absolute Gasteiger partial charge is 0.410 e. The van der Waals surface area contributed by atoms with E-state index in [-0.39, 0.29) is 12.1 Å². The van der Waals surface area contributed by atoms with Crippen molar-refractivity contribution < 1.29 is 9.53 Å². The highest BCUT2D eigenvalue weighted by molar-refractivity contribution is 14.1. The molecule has 1 aliphatic rings. The quantitative estimate of drug-likeness (QED) is 0.495. The molecule has 1 amide bonds. The molecule has 0 aromatic carbocycles. The van der Waals surface area contributed by atoms with Gasteiger partial charge in [0, 0.05) is 29.2 Å². The van der Waals surface area contributed by atoms with Crippen LogP contribution < -0.4 is 4.90 Å². The van der Waals surface area contributed by atoms with Crippen LogP contribution in [0.1, 0.15) is 27.7 Å². The third-order valence-electron chi connectivity index (χ3n) is 3.32. The van der Waals surface area contributed by atoms with Gasteiger partial charge < -0.3 is 14.5 Å². The maximum absolute atomic E-state index is 12.2. The number of carbonyl (C=O) groups excluding carboxylic acids is 1. The monoisotopic (exact) mass is 437 g/mol. The zero-order valence-corrected chi connectivity index (χ0v) is 16.2. The number of nitrogens with zero attached hydrogens (tertiary/aromatic N) is 3. The molecule has 1 aliphatic heterocycles. The van der Waals surface area contributed by atoms with Gasteiger partial charge in [0.2, 0.25) is 0 Å². The number of rotatable bonds is 1. The first kappa shape index (κ1) is 17.6. The Morgan fingerprint density at radius 1 is 1.41 bits per heavy atom. The summed E-state index contributed by atoms with van der Waals surface area (Å²) in [5.74, 6) is 0.855. The number of piperazine rings is 1. The number of aromatic nitrogens is 1. The van der Waals surface area contributed by atoms with Crippen LogP contribution in [0.4, 0.5) is 10.6 Å². The average Bonchev–Trinajstić information content (AvgIpc) is 2.35. The van der Waals surface area contributed by atoms with E-state index < -0.39 is 5.60 Å². The fourth-order valence-corrected chi connectivity index (χ4v) is 3.35. The topological polar surface area (TPSA) is 45.7 Å². The molecule has 0 bridgehead atoms. The van der Waals surface area contributed by atoms with Crippen molar-refractivity contribution in [3.8, 4) is 0 Å². The van der Waals surface area contributed by atoms with Crippen molar-refractivity contribution in [2.75, 3.05) is 24.5 Å². The molecule has 1 fully saturated rings. The van der Waals surface area contributed by atoms with Crippen LogP contribution in [0.5, 0.6) is 0 Å². The molecule has 0 spiro atoms. The molecule has 1 atom stereocenters. The molecule has 2 rings (SSSR count). The molecule has 0 aliphatic carbocycles. The minimum atomic E-state index is -0.470. The van der Waals surface area contributed by atoms with E-state index in [0.29, 0.717) is 24.8 Å². The summed E-state index contributed by atoms with van der Waals surface area (Å²) in [5.41, 5.74) is -0.470. The lowest BCUT2D eigenvalue weighted by atomic mass is 10.2. The molecular formula is C15H21ClIN3O2. The van der Waals surface area contributed by atoms with E-state index in [1.807, 2.05) is 32.9 Å². The number of amides is 1. The molecule has 22 heavy (non-hydrogen) atoms. The summed E-state index contributed by atoms with van der Waals surface area (Å²) in [6, 6.07) is 3.99. The van der Waals surface area contributed by atoms with Gasteiger partial charge in [-0.05, 0) is 62.4 Å². The molecular weight excluding hydrogens is 417 g/mol. The maximum Gasteiger partial charge on any atom is 0.410 e. The minimum Gasteiger partial charge on any atom is -0.444 e. The Balaban J connectivity index is 2.05. The molecule has 1 aromatic heterocycles. The summed E-state index contributed by atoms with van der Waals surface area (Å²) in [5, 5.41) is 0.490. The van der Waals surface area contributed by atoms with Crippen LogP contribution >= 0.6 is 34.2 Å². The number of anilines is 1. The second-order valence-corrected chi connectivity index (χ2v) is 8.07. The second kappa shape index (κ2) is 6.78. The van der Waals surface area contributed by atoms with Gasteiger partial charge in [-0.3, -0.25) is 0 Å². The van der Waals surface area contributed by atoms with Gasteiger partial charge in [-0.15, -0.1) is 0 Å². The molecule has 2 heterocycles. The lowest BCUT2D eigenvalue weighted by Gasteiger charge is -2.40. The predicted octanol–water partition coefficient (Wildman–Crippen LogP) is 3.79. The molecule has 1 aromatic rings. The Morgan fingerprint density at radius 3 is 2.64 bits per heavy atom. The molecule has 1 saturated heterocycles. The molecule has 0 radical (unpaired) electrons. The van der Waals surface area contributed by atoms with Crippen LogP contribution in [0, 0.1) is 3.57 Å². The highest BCUT2D eigenvalue weighted by Gasteiger charge is 2.30.